The van der Waals surface area contributed by atoms with E-state index in [1.165, 1.54) is 34.9 Å². The number of amides is 1. The molecule has 0 aliphatic rings. The fourth-order valence-corrected chi connectivity index (χ4v) is 3.79. The molecule has 162 valence electrons. The van der Waals surface area contributed by atoms with Crippen molar-refractivity contribution < 1.29 is 24.0 Å². The van der Waals surface area contributed by atoms with Gasteiger partial charge in [-0.3, -0.25) is 9.59 Å². The fraction of sp³-hybridized carbons (Fsp3) is 0.294. The molecule has 31 heavy (non-hydrogen) atoms. The van der Waals surface area contributed by atoms with Crippen molar-refractivity contribution in [2.45, 2.75) is 27.4 Å². The van der Waals surface area contributed by atoms with Gasteiger partial charge in [-0.1, -0.05) is 4.98 Å². The number of nitrogens with zero attached hydrogens (tertiary/aromatic N) is 6. The van der Waals surface area contributed by atoms with Crippen LogP contribution in [0.3, 0.4) is 0 Å². The molecule has 14 heteroatoms. The van der Waals surface area contributed by atoms with E-state index in [0.717, 1.165) is 11.3 Å². The number of Topliss-reactive ketones (excluding diaryl/α,β-unsaturated/α-hetero) is 1. The molecule has 0 aliphatic heterocycles. The highest BCUT2D eigenvalue weighted by Gasteiger charge is 2.26. The molecule has 0 saturated heterocycles. The van der Waals surface area contributed by atoms with Crippen molar-refractivity contribution in [2.75, 3.05) is 11.9 Å². The predicted octanol–water partition coefficient (Wildman–Crippen LogP) is 1.89. The number of carbonyl (C=O) groups is 3. The van der Waals surface area contributed by atoms with Crippen molar-refractivity contribution in [3.05, 3.63) is 50.4 Å². The zero-order chi connectivity index (χ0) is 22.7. The van der Waals surface area contributed by atoms with Crippen molar-refractivity contribution in [1.82, 2.24) is 24.5 Å². The lowest BCUT2D eigenvalue weighted by atomic mass is 10.1. The van der Waals surface area contributed by atoms with E-state index in [1.807, 2.05) is 0 Å². The van der Waals surface area contributed by atoms with E-state index in [9.17, 15) is 24.5 Å². The van der Waals surface area contributed by atoms with E-state index in [-0.39, 0.29) is 35.3 Å². The Labute approximate surface area is 178 Å². The number of rotatable bonds is 8. The van der Waals surface area contributed by atoms with Gasteiger partial charge in [0.25, 0.3) is 5.91 Å². The molecule has 0 aromatic carbocycles. The molecule has 3 heterocycles. The van der Waals surface area contributed by atoms with Crippen molar-refractivity contribution in [3.63, 3.8) is 0 Å². The van der Waals surface area contributed by atoms with E-state index >= 15 is 0 Å². The number of carbonyl (C=O) groups excluding carboxylic acids is 3. The van der Waals surface area contributed by atoms with Gasteiger partial charge in [-0.2, -0.15) is 9.78 Å². The van der Waals surface area contributed by atoms with Crippen LogP contribution < -0.4 is 5.32 Å². The monoisotopic (exact) mass is 447 g/mol. The van der Waals surface area contributed by atoms with Crippen LogP contribution in [0.5, 0.6) is 0 Å². The Morgan fingerprint density at radius 1 is 1.29 bits per heavy atom. The van der Waals surface area contributed by atoms with Gasteiger partial charge >= 0.3 is 11.9 Å². The maximum atomic E-state index is 12.7. The van der Waals surface area contributed by atoms with Crippen molar-refractivity contribution in [3.8, 4) is 0 Å². The number of ketones is 1. The zero-order valence-electron chi connectivity index (χ0n) is 16.7. The number of hydrogen-bond acceptors (Lipinski definition) is 10. The first-order chi connectivity index (χ1) is 14.7. The summed E-state index contributed by atoms with van der Waals surface area (Å²) >= 11 is 0.983. The molecule has 0 saturated carbocycles. The van der Waals surface area contributed by atoms with Gasteiger partial charge in [-0.05, 0) is 37.3 Å². The largest absolute Gasteiger partial charge is 0.491 e. The van der Waals surface area contributed by atoms with Gasteiger partial charge in [0.2, 0.25) is 6.33 Å². The molecule has 1 N–H and O–H groups in total. The molecule has 1 amide bonds. The number of aromatic nitrogens is 5. The van der Waals surface area contributed by atoms with Crippen molar-refractivity contribution in [2.24, 2.45) is 0 Å². The molecule has 3 rings (SSSR count). The summed E-state index contributed by atoms with van der Waals surface area (Å²) in [5.41, 5.74) is 0.587. The van der Waals surface area contributed by atoms with Gasteiger partial charge in [0.15, 0.2) is 18.1 Å². The van der Waals surface area contributed by atoms with E-state index in [2.05, 4.69) is 20.5 Å². The zero-order valence-corrected chi connectivity index (χ0v) is 17.5. The molecule has 13 nitrogen and oxygen atoms in total. The summed E-state index contributed by atoms with van der Waals surface area (Å²) in [6.07, 6.45) is 2.65. The average molecular weight is 447 g/mol. The lowest BCUT2D eigenvalue weighted by Gasteiger charge is -2.06. The molecule has 0 bridgehead atoms. The maximum Gasteiger partial charge on any atom is 0.491 e. The summed E-state index contributed by atoms with van der Waals surface area (Å²) < 4.78 is 7.56. The third-order valence-electron chi connectivity index (χ3n) is 4.02. The number of nitrogens with one attached hydrogen (secondary N) is 1. The van der Waals surface area contributed by atoms with E-state index in [0.29, 0.717) is 10.4 Å². The van der Waals surface area contributed by atoms with Crippen molar-refractivity contribution in [1.29, 1.82) is 0 Å². The highest BCUT2D eigenvalue weighted by Crippen LogP contribution is 2.34. The fourth-order valence-electron chi connectivity index (χ4n) is 2.70. The Morgan fingerprint density at radius 3 is 2.65 bits per heavy atom. The Balaban J connectivity index is 1.80. The van der Waals surface area contributed by atoms with Crippen LogP contribution in [0.25, 0.3) is 0 Å². The number of ether oxygens (including phenoxy) is 1. The van der Waals surface area contributed by atoms with Crippen LogP contribution in [0.2, 0.25) is 0 Å². The highest BCUT2D eigenvalue weighted by atomic mass is 32.1. The van der Waals surface area contributed by atoms with Crippen LogP contribution >= 0.6 is 11.3 Å². The molecule has 0 spiro atoms. The van der Waals surface area contributed by atoms with Crippen molar-refractivity contribution >= 4 is 39.9 Å². The molecule has 3 aromatic rings. The maximum absolute atomic E-state index is 12.7. The topological polar surface area (TPSA) is 164 Å². The average Bonchev–Trinajstić information content (AvgIpc) is 3.41. The van der Waals surface area contributed by atoms with Gasteiger partial charge in [0.05, 0.1) is 17.0 Å². The first-order valence-electron chi connectivity index (χ1n) is 8.91. The summed E-state index contributed by atoms with van der Waals surface area (Å²) in [7, 11) is 0. The lowest BCUT2D eigenvalue weighted by molar-refractivity contribution is -0.394. The first-order valence-corrected chi connectivity index (χ1v) is 9.73. The second-order valence-corrected chi connectivity index (χ2v) is 7.23. The van der Waals surface area contributed by atoms with Gasteiger partial charge in [0.1, 0.15) is 5.00 Å². The van der Waals surface area contributed by atoms with Gasteiger partial charge in [-0.15, -0.1) is 11.3 Å². The lowest BCUT2D eigenvalue weighted by Crippen LogP contribution is -2.16. The summed E-state index contributed by atoms with van der Waals surface area (Å²) in [5, 5.41) is 21.2. The second kappa shape index (κ2) is 8.83. The Kier molecular flexibility index (Phi) is 6.20. The highest BCUT2D eigenvalue weighted by molar-refractivity contribution is 7.18. The van der Waals surface area contributed by atoms with Crippen LogP contribution in [0.4, 0.5) is 10.9 Å². The Hall–Kier alpha value is -3.94. The molecule has 0 unspecified atom stereocenters. The van der Waals surface area contributed by atoms with Crippen LogP contribution in [0.15, 0.2) is 18.6 Å². The first kappa shape index (κ1) is 21.8. The van der Waals surface area contributed by atoms with Gasteiger partial charge in [0, 0.05) is 11.3 Å². The number of hydrogen-bond donors (Lipinski definition) is 1. The third kappa shape index (κ3) is 4.63. The van der Waals surface area contributed by atoms with Gasteiger partial charge in [-0.25, -0.2) is 9.48 Å². The second-order valence-electron chi connectivity index (χ2n) is 6.21. The molecule has 0 atom stereocenters. The van der Waals surface area contributed by atoms with Gasteiger partial charge < -0.3 is 20.2 Å². The minimum absolute atomic E-state index is 0.00517. The molecular formula is C17H17N7O6S. The van der Waals surface area contributed by atoms with Crippen LogP contribution in [0, 0.1) is 17.0 Å². The number of anilines is 1. The summed E-state index contributed by atoms with van der Waals surface area (Å²) in [4.78, 5) is 50.7. The Bertz CT molecular complexity index is 1180. The number of esters is 1. The Morgan fingerprint density at radius 2 is 2.03 bits per heavy atom. The standard InChI is InChI=1S/C17H17N7O6S/c1-4-30-16(27)12-9(2)13(10(3)25)31-15(12)19-14(26)11-5-6-22(20-11)8-23-7-18-17(21-23)24(28)29/h5-7H,4,8H2,1-3H3,(H,19,26). The quantitative estimate of drug-likeness (QED) is 0.235. The number of nitro groups is 1. The van der Waals surface area contributed by atoms with Crippen LogP contribution in [-0.4, -0.2) is 53.7 Å². The van der Waals surface area contributed by atoms with Crippen LogP contribution in [0.1, 0.15) is 49.9 Å². The number of thiophene rings is 1. The smallest absolute Gasteiger partial charge is 0.462 e. The molecule has 0 aliphatic carbocycles. The molecule has 0 radical (unpaired) electrons. The SMILES string of the molecule is CCOC(=O)c1c(NC(=O)c2ccn(Cn3cnc([N+](=O)[O-])n3)n2)sc(C(C)=O)c1C. The van der Waals surface area contributed by atoms with E-state index in [1.54, 1.807) is 13.8 Å². The minimum Gasteiger partial charge on any atom is -0.462 e. The summed E-state index contributed by atoms with van der Waals surface area (Å²) in [5.74, 6) is -2.03. The minimum atomic E-state index is -0.724. The molecule has 3 aromatic heterocycles. The molecular weight excluding hydrogens is 430 g/mol. The third-order valence-corrected chi connectivity index (χ3v) is 5.33. The van der Waals surface area contributed by atoms with E-state index < -0.39 is 22.7 Å². The summed E-state index contributed by atoms with van der Waals surface area (Å²) in [6.45, 7) is 4.77. The van der Waals surface area contributed by atoms with Crippen LogP contribution in [-0.2, 0) is 11.4 Å². The summed E-state index contributed by atoms with van der Waals surface area (Å²) in [6, 6.07) is 1.43. The van der Waals surface area contributed by atoms with E-state index in [4.69, 9.17) is 4.74 Å². The normalized spacial score (nSPS) is 10.7. The molecule has 0 fully saturated rings. The predicted molar refractivity (Wildman–Crippen MR) is 107 cm³/mol.